The van der Waals surface area contributed by atoms with Gasteiger partial charge in [-0.25, -0.2) is 12.8 Å². The van der Waals surface area contributed by atoms with E-state index in [1.807, 2.05) is 0 Å². The Morgan fingerprint density at radius 2 is 1.71 bits per heavy atom. The Morgan fingerprint density at radius 3 is 2.36 bits per heavy atom. The summed E-state index contributed by atoms with van der Waals surface area (Å²) in [4.78, 5) is 12.6. The van der Waals surface area contributed by atoms with Crippen LogP contribution in [0.1, 0.15) is 25.7 Å². The first kappa shape index (κ1) is 20.3. The molecule has 6 nitrogen and oxygen atoms in total. The molecule has 0 unspecified atom stereocenters. The Balaban J connectivity index is 1.86. The van der Waals surface area contributed by atoms with Crippen LogP contribution in [-0.2, 0) is 14.8 Å². The molecule has 150 valence electrons. The molecule has 1 saturated carbocycles. The van der Waals surface area contributed by atoms with Crippen LogP contribution in [0.2, 0.25) is 0 Å². The number of sulfonamides is 1. The fraction of sp³-hybridized carbons (Fsp3) is 0.350. The Kier molecular flexibility index (Phi) is 6.31. The molecular formula is C20H23FN2O4S. The minimum Gasteiger partial charge on any atom is -0.391 e. The number of carbonyl (C=O) groups is 1. The van der Waals surface area contributed by atoms with Gasteiger partial charge >= 0.3 is 0 Å². The van der Waals surface area contributed by atoms with Crippen LogP contribution in [0.25, 0.3) is 0 Å². The van der Waals surface area contributed by atoms with Gasteiger partial charge in [-0.1, -0.05) is 31.0 Å². The minimum absolute atomic E-state index is 0.0322. The van der Waals surface area contributed by atoms with E-state index in [0.29, 0.717) is 12.8 Å². The zero-order chi connectivity index (χ0) is 20.1. The summed E-state index contributed by atoms with van der Waals surface area (Å²) in [6.45, 7) is -0.466. The van der Waals surface area contributed by atoms with E-state index in [0.717, 1.165) is 29.3 Å². The summed E-state index contributed by atoms with van der Waals surface area (Å²) < 4.78 is 40.5. The van der Waals surface area contributed by atoms with Crippen LogP contribution in [0, 0.1) is 5.82 Å². The summed E-state index contributed by atoms with van der Waals surface area (Å²) in [5.41, 5.74) is 0.185. The van der Waals surface area contributed by atoms with Gasteiger partial charge in [-0.2, -0.15) is 0 Å². The van der Waals surface area contributed by atoms with E-state index in [9.17, 15) is 22.7 Å². The van der Waals surface area contributed by atoms with Gasteiger partial charge in [0, 0.05) is 0 Å². The van der Waals surface area contributed by atoms with Crippen LogP contribution in [0.3, 0.4) is 0 Å². The van der Waals surface area contributed by atoms with E-state index in [4.69, 9.17) is 0 Å². The topological polar surface area (TPSA) is 86.7 Å². The molecule has 0 spiro atoms. The van der Waals surface area contributed by atoms with Crippen molar-refractivity contribution >= 4 is 21.6 Å². The molecule has 1 amide bonds. The van der Waals surface area contributed by atoms with Crippen LogP contribution >= 0.6 is 0 Å². The molecule has 0 saturated heterocycles. The lowest BCUT2D eigenvalue weighted by molar-refractivity contribution is -0.121. The number of carbonyl (C=O) groups excluding carboxylic acids is 1. The summed E-state index contributed by atoms with van der Waals surface area (Å²) in [5, 5.41) is 12.8. The standard InChI is InChI=1S/C20H23FN2O4S/c21-15-10-12-16(13-11-15)23(28(26,27)17-6-2-1-3-7-17)14-20(25)22-18-8-4-5-9-19(18)24/h1-3,6-7,10-13,18-19,24H,4-5,8-9,14H2,(H,22,25)/t18-,19-/m1/s1. The maximum atomic E-state index is 13.3. The molecule has 0 heterocycles. The maximum Gasteiger partial charge on any atom is 0.264 e. The zero-order valence-corrected chi connectivity index (χ0v) is 16.1. The molecule has 2 atom stereocenters. The summed E-state index contributed by atoms with van der Waals surface area (Å²) >= 11 is 0. The van der Waals surface area contributed by atoms with E-state index in [1.165, 1.54) is 24.3 Å². The van der Waals surface area contributed by atoms with Crippen LogP contribution < -0.4 is 9.62 Å². The van der Waals surface area contributed by atoms with Crippen molar-refractivity contribution < 1.29 is 22.7 Å². The SMILES string of the molecule is O=C(CN(c1ccc(F)cc1)S(=O)(=O)c1ccccc1)N[C@@H]1CCCC[C@H]1O. The number of amides is 1. The number of nitrogens with one attached hydrogen (secondary N) is 1. The first-order valence-corrected chi connectivity index (χ1v) is 10.6. The average molecular weight is 406 g/mol. The lowest BCUT2D eigenvalue weighted by Gasteiger charge is -2.30. The summed E-state index contributed by atoms with van der Waals surface area (Å²) in [6.07, 6.45) is 2.41. The van der Waals surface area contributed by atoms with Crippen LogP contribution in [0.5, 0.6) is 0 Å². The molecule has 2 N–H and O–H groups in total. The molecule has 1 fully saturated rings. The number of halogens is 1. The normalized spacial score (nSPS) is 19.8. The fourth-order valence-electron chi connectivity index (χ4n) is 3.30. The highest BCUT2D eigenvalue weighted by Gasteiger charge is 2.29. The number of aliphatic hydroxyl groups excluding tert-OH is 1. The molecule has 0 aromatic heterocycles. The number of rotatable bonds is 6. The van der Waals surface area contributed by atoms with Gasteiger partial charge in [-0.05, 0) is 49.2 Å². The highest BCUT2D eigenvalue weighted by atomic mass is 32.2. The predicted octanol–water partition coefficient (Wildman–Crippen LogP) is 2.44. The number of nitrogens with zero attached hydrogens (tertiary/aromatic N) is 1. The maximum absolute atomic E-state index is 13.3. The van der Waals surface area contributed by atoms with Gasteiger partial charge in [0.15, 0.2) is 0 Å². The zero-order valence-electron chi connectivity index (χ0n) is 15.3. The van der Waals surface area contributed by atoms with Crippen molar-refractivity contribution in [1.29, 1.82) is 0 Å². The second-order valence-electron chi connectivity index (χ2n) is 6.83. The smallest absolute Gasteiger partial charge is 0.264 e. The van der Waals surface area contributed by atoms with E-state index in [-0.39, 0.29) is 10.6 Å². The largest absolute Gasteiger partial charge is 0.391 e. The number of aliphatic hydroxyl groups is 1. The summed E-state index contributed by atoms with van der Waals surface area (Å²) in [5.74, 6) is -1.02. The van der Waals surface area contributed by atoms with Crippen LogP contribution in [0.4, 0.5) is 10.1 Å². The Morgan fingerprint density at radius 1 is 1.07 bits per heavy atom. The molecule has 0 bridgehead atoms. The van der Waals surface area contributed by atoms with E-state index in [2.05, 4.69) is 5.32 Å². The van der Waals surface area contributed by atoms with Gasteiger partial charge in [0.2, 0.25) is 5.91 Å². The summed E-state index contributed by atoms with van der Waals surface area (Å²) in [7, 11) is -4.03. The number of hydrogen-bond acceptors (Lipinski definition) is 4. The van der Waals surface area contributed by atoms with Gasteiger partial charge in [0.25, 0.3) is 10.0 Å². The highest BCUT2D eigenvalue weighted by molar-refractivity contribution is 7.92. The second kappa shape index (κ2) is 8.70. The molecule has 1 aliphatic rings. The van der Waals surface area contributed by atoms with Crippen LogP contribution in [0.15, 0.2) is 59.5 Å². The van der Waals surface area contributed by atoms with Gasteiger partial charge in [-0.15, -0.1) is 0 Å². The van der Waals surface area contributed by atoms with Crippen molar-refractivity contribution in [1.82, 2.24) is 5.32 Å². The second-order valence-corrected chi connectivity index (χ2v) is 8.69. The van der Waals surface area contributed by atoms with Gasteiger partial charge in [-0.3, -0.25) is 9.10 Å². The van der Waals surface area contributed by atoms with Gasteiger partial charge in [0.1, 0.15) is 12.4 Å². The number of hydrogen-bond donors (Lipinski definition) is 2. The molecule has 28 heavy (non-hydrogen) atoms. The number of benzene rings is 2. The molecule has 2 aromatic carbocycles. The van der Waals surface area contributed by atoms with Gasteiger partial charge < -0.3 is 10.4 Å². The average Bonchev–Trinajstić information content (AvgIpc) is 2.69. The van der Waals surface area contributed by atoms with Gasteiger partial charge in [0.05, 0.1) is 22.7 Å². The fourth-order valence-corrected chi connectivity index (χ4v) is 4.75. The molecule has 8 heteroatoms. The Hall–Kier alpha value is -2.45. The van der Waals surface area contributed by atoms with Crippen molar-refractivity contribution in [3.05, 3.63) is 60.4 Å². The molecular weight excluding hydrogens is 383 g/mol. The minimum atomic E-state index is -4.03. The Labute approximate surface area is 164 Å². The predicted molar refractivity (Wildman–Crippen MR) is 104 cm³/mol. The Bertz CT molecular complexity index is 904. The molecule has 1 aliphatic carbocycles. The third-order valence-corrected chi connectivity index (χ3v) is 6.60. The lowest BCUT2D eigenvalue weighted by Crippen LogP contribution is -2.49. The number of anilines is 1. The monoisotopic (exact) mass is 406 g/mol. The third-order valence-electron chi connectivity index (χ3n) is 4.81. The van der Waals surface area contributed by atoms with E-state index >= 15 is 0 Å². The van der Waals surface area contributed by atoms with E-state index in [1.54, 1.807) is 18.2 Å². The van der Waals surface area contributed by atoms with Crippen molar-refractivity contribution in [2.75, 3.05) is 10.8 Å². The molecule has 0 aliphatic heterocycles. The molecule has 0 radical (unpaired) electrons. The van der Waals surface area contributed by atoms with Crippen molar-refractivity contribution in [2.45, 2.75) is 42.7 Å². The lowest BCUT2D eigenvalue weighted by atomic mass is 9.92. The third kappa shape index (κ3) is 4.69. The quantitative estimate of drug-likeness (QED) is 0.772. The van der Waals surface area contributed by atoms with Crippen LogP contribution in [-0.4, -0.2) is 38.1 Å². The van der Waals surface area contributed by atoms with E-state index < -0.39 is 40.4 Å². The van der Waals surface area contributed by atoms with Crippen molar-refractivity contribution in [3.63, 3.8) is 0 Å². The van der Waals surface area contributed by atoms with Crippen molar-refractivity contribution in [3.8, 4) is 0 Å². The first-order valence-electron chi connectivity index (χ1n) is 9.19. The first-order chi connectivity index (χ1) is 13.4. The molecule has 3 rings (SSSR count). The summed E-state index contributed by atoms with van der Waals surface area (Å²) in [6, 6.07) is 12.3. The molecule has 2 aromatic rings. The highest BCUT2D eigenvalue weighted by Crippen LogP contribution is 2.24. The van der Waals surface area contributed by atoms with Crippen molar-refractivity contribution in [2.24, 2.45) is 0 Å².